The third-order valence-electron chi connectivity index (χ3n) is 4.25. The summed E-state index contributed by atoms with van der Waals surface area (Å²) in [4.78, 5) is 0. The standard InChI is InChI=1S/C15H21F2N/c1-2-10-3-5-11(6-4-10)15(18)12-7-13(16)9-14(17)8-12/h7-11,15H,2-6,18H2,1H3. The average molecular weight is 253 g/mol. The van der Waals surface area contributed by atoms with Crippen LogP contribution in [0.1, 0.15) is 50.6 Å². The number of nitrogens with two attached hydrogens (primary N) is 1. The highest BCUT2D eigenvalue weighted by Crippen LogP contribution is 2.36. The highest BCUT2D eigenvalue weighted by atomic mass is 19.1. The molecular formula is C15H21F2N. The summed E-state index contributed by atoms with van der Waals surface area (Å²) in [6, 6.07) is 3.37. The molecule has 0 aliphatic heterocycles. The van der Waals surface area contributed by atoms with Crippen LogP contribution in [0, 0.1) is 23.5 Å². The van der Waals surface area contributed by atoms with Gasteiger partial charge < -0.3 is 5.73 Å². The molecule has 1 aromatic rings. The van der Waals surface area contributed by atoms with Crippen molar-refractivity contribution in [2.24, 2.45) is 17.6 Å². The van der Waals surface area contributed by atoms with E-state index < -0.39 is 11.6 Å². The average Bonchev–Trinajstić information content (AvgIpc) is 2.37. The van der Waals surface area contributed by atoms with Crippen LogP contribution in [0.15, 0.2) is 18.2 Å². The van der Waals surface area contributed by atoms with Crippen molar-refractivity contribution in [2.45, 2.75) is 45.1 Å². The zero-order valence-electron chi connectivity index (χ0n) is 10.8. The van der Waals surface area contributed by atoms with Crippen LogP contribution >= 0.6 is 0 Å². The highest BCUT2D eigenvalue weighted by molar-refractivity contribution is 5.21. The fourth-order valence-corrected chi connectivity index (χ4v) is 3.00. The molecule has 1 aliphatic rings. The zero-order chi connectivity index (χ0) is 13.1. The fraction of sp³-hybridized carbons (Fsp3) is 0.600. The molecule has 2 rings (SSSR count). The largest absolute Gasteiger partial charge is 0.324 e. The van der Waals surface area contributed by atoms with Gasteiger partial charge in [0.05, 0.1) is 0 Å². The monoisotopic (exact) mass is 253 g/mol. The molecule has 0 aromatic heterocycles. The number of halogens is 2. The minimum Gasteiger partial charge on any atom is -0.324 e. The number of rotatable bonds is 3. The molecule has 18 heavy (non-hydrogen) atoms. The SMILES string of the molecule is CCC1CCC(C(N)c2cc(F)cc(F)c2)CC1. The van der Waals surface area contributed by atoms with Crippen LogP contribution in [-0.2, 0) is 0 Å². The van der Waals surface area contributed by atoms with Crippen LogP contribution in [0.25, 0.3) is 0 Å². The van der Waals surface area contributed by atoms with Gasteiger partial charge in [-0.1, -0.05) is 26.2 Å². The minimum absolute atomic E-state index is 0.243. The lowest BCUT2D eigenvalue weighted by Gasteiger charge is -2.32. The topological polar surface area (TPSA) is 26.0 Å². The number of benzene rings is 1. The van der Waals surface area contributed by atoms with E-state index in [1.807, 2.05) is 0 Å². The Morgan fingerprint density at radius 3 is 2.17 bits per heavy atom. The van der Waals surface area contributed by atoms with Gasteiger partial charge in [-0.05, 0) is 42.4 Å². The van der Waals surface area contributed by atoms with Crippen molar-refractivity contribution in [3.05, 3.63) is 35.4 Å². The third-order valence-corrected chi connectivity index (χ3v) is 4.25. The molecule has 1 nitrogen and oxygen atoms in total. The van der Waals surface area contributed by atoms with E-state index >= 15 is 0 Å². The summed E-state index contributed by atoms with van der Waals surface area (Å²) in [6.07, 6.45) is 5.73. The molecule has 0 spiro atoms. The second kappa shape index (κ2) is 5.79. The quantitative estimate of drug-likeness (QED) is 0.859. The first-order valence-electron chi connectivity index (χ1n) is 6.81. The molecule has 1 unspecified atom stereocenters. The second-order valence-corrected chi connectivity index (χ2v) is 5.42. The normalized spacial score (nSPS) is 26.0. The van der Waals surface area contributed by atoms with Gasteiger partial charge in [0.2, 0.25) is 0 Å². The van der Waals surface area contributed by atoms with Gasteiger partial charge in [-0.25, -0.2) is 8.78 Å². The maximum absolute atomic E-state index is 13.2. The van der Waals surface area contributed by atoms with Gasteiger partial charge in [-0.3, -0.25) is 0 Å². The van der Waals surface area contributed by atoms with E-state index in [-0.39, 0.29) is 6.04 Å². The van der Waals surface area contributed by atoms with Gasteiger partial charge in [-0.15, -0.1) is 0 Å². The van der Waals surface area contributed by atoms with E-state index in [1.54, 1.807) is 0 Å². The van der Waals surface area contributed by atoms with Gasteiger partial charge >= 0.3 is 0 Å². The van der Waals surface area contributed by atoms with Gasteiger partial charge in [-0.2, -0.15) is 0 Å². The maximum atomic E-state index is 13.2. The van der Waals surface area contributed by atoms with Crippen LogP contribution < -0.4 is 5.73 Å². The Kier molecular flexibility index (Phi) is 4.33. The van der Waals surface area contributed by atoms with E-state index in [1.165, 1.54) is 31.4 Å². The van der Waals surface area contributed by atoms with Crippen LogP contribution in [-0.4, -0.2) is 0 Å². The Balaban J connectivity index is 2.05. The Labute approximate surface area is 107 Å². The summed E-state index contributed by atoms with van der Waals surface area (Å²) < 4.78 is 26.4. The second-order valence-electron chi connectivity index (χ2n) is 5.42. The van der Waals surface area contributed by atoms with Crippen molar-refractivity contribution in [3.63, 3.8) is 0 Å². The van der Waals surface area contributed by atoms with Gasteiger partial charge in [0.15, 0.2) is 0 Å². The first-order chi connectivity index (χ1) is 8.60. The highest BCUT2D eigenvalue weighted by Gasteiger charge is 2.26. The van der Waals surface area contributed by atoms with E-state index in [9.17, 15) is 8.78 Å². The molecule has 1 atom stereocenters. The first-order valence-corrected chi connectivity index (χ1v) is 6.81. The summed E-state index contributed by atoms with van der Waals surface area (Å²) in [5.74, 6) is 0.0806. The molecule has 0 radical (unpaired) electrons. The van der Waals surface area contributed by atoms with Crippen molar-refractivity contribution in [1.29, 1.82) is 0 Å². The molecule has 1 aliphatic carbocycles. The van der Waals surface area contributed by atoms with E-state index in [4.69, 9.17) is 5.73 Å². The minimum atomic E-state index is -0.539. The van der Waals surface area contributed by atoms with Crippen LogP contribution in [0.5, 0.6) is 0 Å². The third kappa shape index (κ3) is 3.08. The molecule has 1 aromatic carbocycles. The number of hydrogen-bond donors (Lipinski definition) is 1. The molecule has 100 valence electrons. The molecule has 1 saturated carbocycles. The predicted octanol–water partition coefficient (Wildman–Crippen LogP) is 4.18. The lowest BCUT2D eigenvalue weighted by molar-refractivity contribution is 0.239. The Morgan fingerprint density at radius 1 is 1.11 bits per heavy atom. The van der Waals surface area contributed by atoms with Crippen LogP contribution in [0.4, 0.5) is 8.78 Å². The molecule has 0 saturated heterocycles. The van der Waals surface area contributed by atoms with Crippen molar-refractivity contribution in [1.82, 2.24) is 0 Å². The van der Waals surface area contributed by atoms with Crippen molar-refractivity contribution < 1.29 is 8.78 Å². The first kappa shape index (κ1) is 13.5. The van der Waals surface area contributed by atoms with E-state index in [2.05, 4.69) is 6.92 Å². The Bertz CT molecular complexity index is 377. The van der Waals surface area contributed by atoms with E-state index in [0.717, 1.165) is 24.8 Å². The molecule has 0 heterocycles. The van der Waals surface area contributed by atoms with Crippen LogP contribution in [0.2, 0.25) is 0 Å². The summed E-state index contributed by atoms with van der Waals surface area (Å²) in [6.45, 7) is 2.22. The maximum Gasteiger partial charge on any atom is 0.126 e. The zero-order valence-corrected chi connectivity index (χ0v) is 10.8. The van der Waals surface area contributed by atoms with Crippen molar-refractivity contribution in [2.75, 3.05) is 0 Å². The van der Waals surface area contributed by atoms with Gasteiger partial charge in [0.25, 0.3) is 0 Å². The smallest absolute Gasteiger partial charge is 0.126 e. The Hall–Kier alpha value is -0.960. The molecule has 2 N–H and O–H groups in total. The Morgan fingerprint density at radius 2 is 1.67 bits per heavy atom. The van der Waals surface area contributed by atoms with Crippen LogP contribution in [0.3, 0.4) is 0 Å². The van der Waals surface area contributed by atoms with E-state index in [0.29, 0.717) is 11.5 Å². The summed E-state index contributed by atoms with van der Waals surface area (Å²) in [7, 11) is 0. The lowest BCUT2D eigenvalue weighted by Crippen LogP contribution is -2.26. The molecule has 1 fully saturated rings. The summed E-state index contributed by atoms with van der Waals surface area (Å²) in [5.41, 5.74) is 6.75. The van der Waals surface area contributed by atoms with Crippen molar-refractivity contribution in [3.8, 4) is 0 Å². The van der Waals surface area contributed by atoms with Gasteiger partial charge in [0.1, 0.15) is 11.6 Å². The lowest BCUT2D eigenvalue weighted by atomic mass is 9.76. The van der Waals surface area contributed by atoms with Crippen molar-refractivity contribution >= 4 is 0 Å². The molecule has 3 heteroatoms. The summed E-state index contributed by atoms with van der Waals surface area (Å²) >= 11 is 0. The summed E-state index contributed by atoms with van der Waals surface area (Å²) in [5, 5.41) is 0. The fourth-order valence-electron chi connectivity index (χ4n) is 3.00. The molecule has 0 bridgehead atoms. The van der Waals surface area contributed by atoms with Gasteiger partial charge in [0, 0.05) is 12.1 Å². The predicted molar refractivity (Wildman–Crippen MR) is 69.0 cm³/mol. The molecule has 0 amide bonds. The number of hydrogen-bond acceptors (Lipinski definition) is 1. The molecular weight excluding hydrogens is 232 g/mol.